The first kappa shape index (κ1) is 11.0. The lowest BCUT2D eigenvalue weighted by atomic mass is 10.1. The van der Waals surface area contributed by atoms with Crippen LogP contribution >= 0.6 is 11.6 Å². The number of hydrogen-bond acceptors (Lipinski definition) is 4. The van der Waals surface area contributed by atoms with Crippen molar-refractivity contribution in [1.82, 2.24) is 19.9 Å². The van der Waals surface area contributed by atoms with Gasteiger partial charge in [0.1, 0.15) is 5.52 Å². The molecule has 0 aliphatic rings. The minimum absolute atomic E-state index is 0.215. The monoisotopic (exact) mass is 260 g/mol. The standard InChI is InChI=1S/C12H9ClN4O/c1-18-11-10-7(2-4-14-10)8(6-16-11)9-3-5-15-12(13)17-9/h2-6,14H,1H3. The molecular weight excluding hydrogens is 252 g/mol. The Hall–Kier alpha value is -2.14. The van der Waals surface area contributed by atoms with Gasteiger partial charge in [0.2, 0.25) is 11.2 Å². The SMILES string of the molecule is COc1ncc(-c2ccnc(Cl)n2)c2cc[nH]c12. The molecule has 0 aliphatic heterocycles. The van der Waals surface area contributed by atoms with Crippen LogP contribution in [0.15, 0.2) is 30.7 Å². The minimum Gasteiger partial charge on any atom is -0.479 e. The number of methoxy groups -OCH3 is 1. The van der Waals surface area contributed by atoms with Crippen LogP contribution in [0, 0.1) is 0 Å². The highest BCUT2D eigenvalue weighted by Gasteiger charge is 2.11. The van der Waals surface area contributed by atoms with Crippen LogP contribution in [0.25, 0.3) is 22.2 Å². The van der Waals surface area contributed by atoms with Crippen molar-refractivity contribution in [3.05, 3.63) is 36.0 Å². The molecule has 18 heavy (non-hydrogen) atoms. The Balaban J connectivity index is 2.27. The number of rotatable bonds is 2. The molecule has 0 aromatic carbocycles. The normalized spacial score (nSPS) is 10.8. The van der Waals surface area contributed by atoms with Gasteiger partial charge in [-0.25, -0.2) is 15.0 Å². The number of hydrogen-bond donors (Lipinski definition) is 1. The summed E-state index contributed by atoms with van der Waals surface area (Å²) in [7, 11) is 1.59. The second-order valence-corrected chi connectivity index (χ2v) is 4.00. The summed E-state index contributed by atoms with van der Waals surface area (Å²) in [5, 5.41) is 1.20. The third-order valence-electron chi connectivity index (χ3n) is 2.66. The van der Waals surface area contributed by atoms with Gasteiger partial charge in [0.05, 0.1) is 12.8 Å². The topological polar surface area (TPSA) is 63.7 Å². The summed E-state index contributed by atoms with van der Waals surface area (Å²) >= 11 is 5.80. The van der Waals surface area contributed by atoms with E-state index < -0.39 is 0 Å². The molecule has 6 heteroatoms. The Morgan fingerprint density at radius 1 is 1.28 bits per heavy atom. The molecule has 90 valence electrons. The molecule has 0 radical (unpaired) electrons. The average molecular weight is 261 g/mol. The van der Waals surface area contributed by atoms with E-state index in [4.69, 9.17) is 16.3 Å². The zero-order valence-corrected chi connectivity index (χ0v) is 10.3. The van der Waals surface area contributed by atoms with E-state index in [0.29, 0.717) is 5.88 Å². The summed E-state index contributed by atoms with van der Waals surface area (Å²) in [6.07, 6.45) is 5.17. The maximum absolute atomic E-state index is 5.80. The first-order chi connectivity index (χ1) is 8.79. The van der Waals surface area contributed by atoms with Crippen molar-refractivity contribution in [1.29, 1.82) is 0 Å². The summed E-state index contributed by atoms with van der Waals surface area (Å²) in [5.41, 5.74) is 2.45. The van der Waals surface area contributed by atoms with Crippen LogP contribution in [0.5, 0.6) is 5.88 Å². The molecule has 0 bridgehead atoms. The quantitative estimate of drug-likeness (QED) is 0.720. The molecular formula is C12H9ClN4O. The Bertz CT molecular complexity index is 710. The van der Waals surface area contributed by atoms with Crippen molar-refractivity contribution in [3.8, 4) is 17.1 Å². The average Bonchev–Trinajstić information content (AvgIpc) is 2.86. The van der Waals surface area contributed by atoms with Crippen molar-refractivity contribution < 1.29 is 4.74 Å². The van der Waals surface area contributed by atoms with Gasteiger partial charge in [-0.1, -0.05) is 0 Å². The Morgan fingerprint density at radius 3 is 2.94 bits per heavy atom. The van der Waals surface area contributed by atoms with E-state index in [0.717, 1.165) is 22.2 Å². The molecule has 3 aromatic rings. The first-order valence-electron chi connectivity index (χ1n) is 5.28. The lowest BCUT2D eigenvalue weighted by Crippen LogP contribution is -1.92. The van der Waals surface area contributed by atoms with E-state index in [1.54, 1.807) is 25.6 Å². The van der Waals surface area contributed by atoms with Crippen LogP contribution in [0.2, 0.25) is 5.28 Å². The molecule has 0 amide bonds. The number of H-pyrrole nitrogens is 1. The number of aromatic amines is 1. The van der Waals surface area contributed by atoms with Gasteiger partial charge in [-0.3, -0.25) is 0 Å². The third kappa shape index (κ3) is 1.69. The number of aromatic nitrogens is 4. The Morgan fingerprint density at radius 2 is 2.17 bits per heavy atom. The highest BCUT2D eigenvalue weighted by Crippen LogP contribution is 2.30. The van der Waals surface area contributed by atoms with E-state index in [1.165, 1.54) is 0 Å². The van der Waals surface area contributed by atoms with E-state index in [9.17, 15) is 0 Å². The van der Waals surface area contributed by atoms with Gasteiger partial charge in [0.15, 0.2) is 0 Å². The van der Waals surface area contributed by atoms with Crippen molar-refractivity contribution in [2.45, 2.75) is 0 Å². The number of fused-ring (bicyclic) bond motifs is 1. The molecule has 0 saturated heterocycles. The zero-order chi connectivity index (χ0) is 12.5. The van der Waals surface area contributed by atoms with Gasteiger partial charge >= 0.3 is 0 Å². The maximum atomic E-state index is 5.80. The number of pyridine rings is 1. The van der Waals surface area contributed by atoms with Crippen molar-refractivity contribution in [3.63, 3.8) is 0 Å². The second kappa shape index (κ2) is 4.27. The van der Waals surface area contributed by atoms with Crippen LogP contribution < -0.4 is 4.74 Å². The minimum atomic E-state index is 0.215. The predicted molar refractivity (Wildman–Crippen MR) is 68.7 cm³/mol. The second-order valence-electron chi connectivity index (χ2n) is 3.66. The van der Waals surface area contributed by atoms with E-state index >= 15 is 0 Å². The smallest absolute Gasteiger partial charge is 0.238 e. The molecule has 3 heterocycles. The van der Waals surface area contributed by atoms with Gasteiger partial charge < -0.3 is 9.72 Å². The van der Waals surface area contributed by atoms with Gasteiger partial charge in [-0.05, 0) is 23.7 Å². The molecule has 0 spiro atoms. The van der Waals surface area contributed by atoms with Crippen molar-refractivity contribution in [2.75, 3.05) is 7.11 Å². The molecule has 3 rings (SSSR count). The zero-order valence-electron chi connectivity index (χ0n) is 9.51. The predicted octanol–water partition coefficient (Wildman–Crippen LogP) is 2.68. The van der Waals surface area contributed by atoms with Crippen LogP contribution in [0.4, 0.5) is 0 Å². The van der Waals surface area contributed by atoms with E-state index in [1.807, 2.05) is 12.3 Å². The molecule has 3 aromatic heterocycles. The van der Waals surface area contributed by atoms with Crippen LogP contribution in [-0.2, 0) is 0 Å². The maximum Gasteiger partial charge on any atom is 0.238 e. The van der Waals surface area contributed by atoms with Gasteiger partial charge in [-0.2, -0.15) is 0 Å². The fourth-order valence-corrected chi connectivity index (χ4v) is 2.02. The lowest BCUT2D eigenvalue weighted by Gasteiger charge is -2.05. The van der Waals surface area contributed by atoms with Crippen molar-refractivity contribution >= 4 is 22.5 Å². The summed E-state index contributed by atoms with van der Waals surface area (Å²) < 4.78 is 5.20. The molecule has 0 aliphatic carbocycles. The first-order valence-corrected chi connectivity index (χ1v) is 5.66. The Labute approximate surface area is 108 Å². The summed E-state index contributed by atoms with van der Waals surface area (Å²) in [4.78, 5) is 15.4. The van der Waals surface area contributed by atoms with Crippen molar-refractivity contribution in [2.24, 2.45) is 0 Å². The van der Waals surface area contributed by atoms with Crippen LogP contribution in [0.3, 0.4) is 0 Å². The number of halogens is 1. The van der Waals surface area contributed by atoms with E-state index in [-0.39, 0.29) is 5.28 Å². The van der Waals surface area contributed by atoms with E-state index in [2.05, 4.69) is 19.9 Å². The molecule has 0 saturated carbocycles. The third-order valence-corrected chi connectivity index (χ3v) is 2.84. The molecule has 0 atom stereocenters. The molecule has 1 N–H and O–H groups in total. The fourth-order valence-electron chi connectivity index (χ4n) is 1.87. The molecule has 5 nitrogen and oxygen atoms in total. The van der Waals surface area contributed by atoms with Crippen LogP contribution in [-0.4, -0.2) is 27.0 Å². The molecule has 0 fully saturated rings. The molecule has 0 unspecified atom stereocenters. The highest BCUT2D eigenvalue weighted by molar-refractivity contribution is 6.28. The van der Waals surface area contributed by atoms with Gasteiger partial charge in [-0.15, -0.1) is 0 Å². The van der Waals surface area contributed by atoms with Gasteiger partial charge in [0, 0.05) is 29.5 Å². The summed E-state index contributed by atoms with van der Waals surface area (Å²) in [6, 6.07) is 3.74. The van der Waals surface area contributed by atoms with Crippen LogP contribution in [0.1, 0.15) is 0 Å². The summed E-state index contributed by atoms with van der Waals surface area (Å²) in [5.74, 6) is 0.555. The number of nitrogens with one attached hydrogen (secondary N) is 1. The highest BCUT2D eigenvalue weighted by atomic mass is 35.5. The lowest BCUT2D eigenvalue weighted by molar-refractivity contribution is 0.402. The fraction of sp³-hybridized carbons (Fsp3) is 0.0833. The summed E-state index contributed by atoms with van der Waals surface area (Å²) in [6.45, 7) is 0. The van der Waals surface area contributed by atoms with Gasteiger partial charge in [0.25, 0.3) is 0 Å². The Kier molecular flexibility index (Phi) is 2.60. The largest absolute Gasteiger partial charge is 0.479 e. The number of nitrogens with zero attached hydrogens (tertiary/aromatic N) is 3. The number of ether oxygens (including phenoxy) is 1.